The molecule has 1 aliphatic carbocycles. The molecular weight excluding hydrogens is 242 g/mol. The molecular formula is C16H12ClN. The van der Waals surface area contributed by atoms with E-state index >= 15 is 0 Å². The van der Waals surface area contributed by atoms with Gasteiger partial charge in [0.15, 0.2) is 0 Å². The highest BCUT2D eigenvalue weighted by Crippen LogP contribution is 2.60. The van der Waals surface area contributed by atoms with Crippen LogP contribution in [0.4, 0.5) is 0 Å². The van der Waals surface area contributed by atoms with Gasteiger partial charge >= 0.3 is 0 Å². The van der Waals surface area contributed by atoms with Crippen LogP contribution in [0.1, 0.15) is 23.5 Å². The summed E-state index contributed by atoms with van der Waals surface area (Å²) in [5.74, 6) is 0.310. The molecule has 2 atom stereocenters. The van der Waals surface area contributed by atoms with Crippen LogP contribution in [0.3, 0.4) is 0 Å². The number of hydrogen-bond donors (Lipinski definition) is 0. The highest BCUT2D eigenvalue weighted by Gasteiger charge is 2.56. The number of hydrogen-bond acceptors (Lipinski definition) is 1. The summed E-state index contributed by atoms with van der Waals surface area (Å²) >= 11 is 5.90. The topological polar surface area (TPSA) is 23.8 Å². The lowest BCUT2D eigenvalue weighted by Gasteiger charge is -2.09. The molecule has 0 aliphatic heterocycles. The maximum atomic E-state index is 9.53. The highest BCUT2D eigenvalue weighted by atomic mass is 35.5. The van der Waals surface area contributed by atoms with Crippen LogP contribution in [0.2, 0.25) is 5.02 Å². The Hall–Kier alpha value is -1.78. The maximum Gasteiger partial charge on any atom is 0.0897 e. The van der Waals surface area contributed by atoms with Crippen molar-refractivity contribution in [3.05, 3.63) is 70.7 Å². The third kappa shape index (κ3) is 1.70. The molecule has 2 heteroatoms. The molecule has 0 heterocycles. The number of nitriles is 1. The van der Waals surface area contributed by atoms with Gasteiger partial charge in [-0.15, -0.1) is 0 Å². The van der Waals surface area contributed by atoms with Crippen LogP contribution in [-0.2, 0) is 5.41 Å². The molecule has 0 N–H and O–H groups in total. The first kappa shape index (κ1) is 11.3. The van der Waals surface area contributed by atoms with E-state index in [1.165, 1.54) is 5.56 Å². The first-order valence-corrected chi connectivity index (χ1v) is 6.36. The van der Waals surface area contributed by atoms with Gasteiger partial charge in [-0.2, -0.15) is 5.26 Å². The van der Waals surface area contributed by atoms with Gasteiger partial charge in [0, 0.05) is 10.9 Å². The van der Waals surface area contributed by atoms with Crippen LogP contribution in [0.5, 0.6) is 0 Å². The van der Waals surface area contributed by atoms with Gasteiger partial charge in [0.2, 0.25) is 0 Å². The molecule has 1 nitrogen and oxygen atoms in total. The Kier molecular flexibility index (Phi) is 2.61. The average Bonchev–Trinajstić information content (AvgIpc) is 3.17. The Labute approximate surface area is 112 Å². The lowest BCUT2D eigenvalue weighted by molar-refractivity contribution is 0.856. The summed E-state index contributed by atoms with van der Waals surface area (Å²) in [4.78, 5) is 0. The van der Waals surface area contributed by atoms with E-state index in [0.717, 1.165) is 12.0 Å². The first-order chi connectivity index (χ1) is 8.76. The van der Waals surface area contributed by atoms with E-state index in [0.29, 0.717) is 10.9 Å². The third-order valence-electron chi connectivity index (χ3n) is 3.72. The van der Waals surface area contributed by atoms with Gasteiger partial charge in [0.05, 0.1) is 11.5 Å². The largest absolute Gasteiger partial charge is 0.197 e. The zero-order chi connectivity index (χ0) is 12.6. The fourth-order valence-electron chi connectivity index (χ4n) is 2.61. The molecule has 0 unspecified atom stereocenters. The summed E-state index contributed by atoms with van der Waals surface area (Å²) in [6, 6.07) is 20.4. The zero-order valence-electron chi connectivity index (χ0n) is 9.81. The fourth-order valence-corrected chi connectivity index (χ4v) is 2.73. The maximum absolute atomic E-state index is 9.53. The molecule has 2 aromatic rings. The van der Waals surface area contributed by atoms with Crippen molar-refractivity contribution in [2.45, 2.75) is 17.8 Å². The Balaban J connectivity index is 1.96. The quantitative estimate of drug-likeness (QED) is 0.783. The Bertz CT molecular complexity index is 597. The van der Waals surface area contributed by atoms with Crippen LogP contribution in [0, 0.1) is 11.3 Å². The van der Waals surface area contributed by atoms with Crippen molar-refractivity contribution in [3.63, 3.8) is 0 Å². The zero-order valence-corrected chi connectivity index (χ0v) is 10.6. The van der Waals surface area contributed by atoms with Crippen molar-refractivity contribution >= 4 is 11.6 Å². The van der Waals surface area contributed by atoms with Crippen LogP contribution in [-0.4, -0.2) is 0 Å². The van der Waals surface area contributed by atoms with Gasteiger partial charge in [0.1, 0.15) is 0 Å². The molecule has 1 aliphatic rings. The summed E-state index contributed by atoms with van der Waals surface area (Å²) in [6.45, 7) is 0. The van der Waals surface area contributed by atoms with Crippen LogP contribution in [0.15, 0.2) is 54.6 Å². The van der Waals surface area contributed by atoms with Crippen LogP contribution in [0.25, 0.3) is 0 Å². The minimum absolute atomic E-state index is 0.310. The van der Waals surface area contributed by atoms with E-state index in [4.69, 9.17) is 11.6 Å². The lowest BCUT2D eigenvalue weighted by Crippen LogP contribution is -2.06. The van der Waals surface area contributed by atoms with Crippen molar-refractivity contribution in [1.29, 1.82) is 5.26 Å². The average molecular weight is 254 g/mol. The van der Waals surface area contributed by atoms with Crippen molar-refractivity contribution < 1.29 is 0 Å². The van der Waals surface area contributed by atoms with Gasteiger partial charge in [-0.1, -0.05) is 54.1 Å². The second kappa shape index (κ2) is 4.15. The first-order valence-electron chi connectivity index (χ1n) is 5.98. The normalized spacial score (nSPS) is 25.4. The predicted octanol–water partition coefficient (Wildman–Crippen LogP) is 4.29. The van der Waals surface area contributed by atoms with Gasteiger partial charge in [-0.25, -0.2) is 0 Å². The summed E-state index contributed by atoms with van der Waals surface area (Å²) in [5, 5.41) is 10.2. The molecule has 1 fully saturated rings. The van der Waals surface area contributed by atoms with E-state index in [1.807, 2.05) is 42.5 Å². The monoisotopic (exact) mass is 253 g/mol. The van der Waals surface area contributed by atoms with Crippen LogP contribution >= 0.6 is 11.6 Å². The van der Waals surface area contributed by atoms with Gasteiger partial charge in [-0.05, 0) is 29.7 Å². The van der Waals surface area contributed by atoms with E-state index in [2.05, 4.69) is 18.2 Å². The molecule has 0 bridgehead atoms. The van der Waals surface area contributed by atoms with E-state index in [-0.39, 0.29) is 5.41 Å². The van der Waals surface area contributed by atoms with E-state index < -0.39 is 0 Å². The Morgan fingerprint density at radius 3 is 2.33 bits per heavy atom. The van der Waals surface area contributed by atoms with Gasteiger partial charge in [0.25, 0.3) is 0 Å². The summed E-state index contributed by atoms with van der Waals surface area (Å²) in [6.07, 6.45) is 0.898. The minimum Gasteiger partial charge on any atom is -0.197 e. The second-order valence-electron chi connectivity index (χ2n) is 4.76. The van der Waals surface area contributed by atoms with E-state index in [9.17, 15) is 5.26 Å². The second-order valence-corrected chi connectivity index (χ2v) is 5.19. The number of nitrogens with zero attached hydrogens (tertiary/aromatic N) is 1. The molecule has 0 amide bonds. The van der Waals surface area contributed by atoms with Crippen molar-refractivity contribution in [2.24, 2.45) is 0 Å². The van der Waals surface area contributed by atoms with Gasteiger partial charge in [-0.3, -0.25) is 0 Å². The predicted molar refractivity (Wildman–Crippen MR) is 72.5 cm³/mol. The number of benzene rings is 2. The number of halogens is 1. The lowest BCUT2D eigenvalue weighted by atomic mass is 9.92. The SMILES string of the molecule is N#C[C@@]1(c2ccc(Cl)cc2)C[C@H]1c1ccccc1. The molecule has 0 saturated heterocycles. The summed E-state index contributed by atoms with van der Waals surface area (Å²) in [5.41, 5.74) is 1.96. The summed E-state index contributed by atoms with van der Waals surface area (Å²) in [7, 11) is 0. The molecule has 0 radical (unpaired) electrons. The smallest absolute Gasteiger partial charge is 0.0897 e. The molecule has 18 heavy (non-hydrogen) atoms. The fraction of sp³-hybridized carbons (Fsp3) is 0.188. The molecule has 0 aromatic heterocycles. The summed E-state index contributed by atoms with van der Waals surface area (Å²) < 4.78 is 0. The molecule has 2 aromatic carbocycles. The molecule has 3 rings (SSSR count). The Morgan fingerprint density at radius 2 is 1.72 bits per heavy atom. The number of rotatable bonds is 2. The minimum atomic E-state index is -0.355. The van der Waals surface area contributed by atoms with Crippen LogP contribution < -0.4 is 0 Å². The Morgan fingerprint density at radius 1 is 1.06 bits per heavy atom. The molecule has 1 saturated carbocycles. The van der Waals surface area contributed by atoms with Crippen molar-refractivity contribution in [1.82, 2.24) is 0 Å². The van der Waals surface area contributed by atoms with Crippen molar-refractivity contribution in [3.8, 4) is 6.07 Å². The third-order valence-corrected chi connectivity index (χ3v) is 3.97. The van der Waals surface area contributed by atoms with Gasteiger partial charge < -0.3 is 0 Å². The van der Waals surface area contributed by atoms with E-state index in [1.54, 1.807) is 0 Å². The standard InChI is InChI=1S/C16H12ClN/c17-14-8-6-13(7-9-14)16(11-18)10-15(16)12-4-2-1-3-5-12/h1-9,15H,10H2/t15-,16+/m0/s1. The van der Waals surface area contributed by atoms with Crippen molar-refractivity contribution in [2.75, 3.05) is 0 Å². The molecule has 88 valence electrons. The highest BCUT2D eigenvalue weighted by molar-refractivity contribution is 6.30. The molecule has 0 spiro atoms.